The summed E-state index contributed by atoms with van der Waals surface area (Å²) in [6.45, 7) is 2.31. The molecule has 0 bridgehead atoms. The zero-order valence-corrected chi connectivity index (χ0v) is 6.83. The first kappa shape index (κ1) is 6.84. The highest BCUT2D eigenvalue weighted by atomic mass is 14.7. The van der Waals surface area contributed by atoms with E-state index < -0.39 is 0 Å². The van der Waals surface area contributed by atoms with E-state index in [1.54, 1.807) is 0 Å². The van der Waals surface area contributed by atoms with E-state index >= 15 is 0 Å². The van der Waals surface area contributed by atoms with E-state index in [1.807, 2.05) is 12.3 Å². The van der Waals surface area contributed by atoms with Gasteiger partial charge >= 0.3 is 0 Å². The van der Waals surface area contributed by atoms with Crippen LogP contribution in [0.2, 0.25) is 0 Å². The molecule has 1 aromatic rings. The number of nitrogens with zero attached hydrogens (tertiary/aromatic N) is 1. The minimum atomic E-state index is 0.921. The third kappa shape index (κ3) is 1.59. The largest absolute Gasteiger partial charge is 0.261 e. The maximum Gasteiger partial charge on any atom is 0.0406 e. The summed E-state index contributed by atoms with van der Waals surface area (Å²) in [7, 11) is 0. The Morgan fingerprint density at radius 3 is 2.91 bits per heavy atom. The average Bonchev–Trinajstić information content (AvgIpc) is 2.69. The van der Waals surface area contributed by atoms with E-state index in [1.165, 1.54) is 18.5 Å². The van der Waals surface area contributed by atoms with Crippen molar-refractivity contribution in [1.82, 2.24) is 4.98 Å². The van der Waals surface area contributed by atoms with Gasteiger partial charge in [0.05, 0.1) is 0 Å². The summed E-state index contributed by atoms with van der Waals surface area (Å²) in [5.41, 5.74) is 1.25. The molecule has 0 saturated heterocycles. The number of hydrogen-bond acceptors (Lipinski definition) is 1. The molecule has 0 unspecified atom stereocenters. The van der Waals surface area contributed by atoms with E-state index in [0.717, 1.165) is 11.8 Å². The number of hydrogen-bond donors (Lipinski definition) is 0. The Kier molecular flexibility index (Phi) is 1.65. The fourth-order valence-electron chi connectivity index (χ4n) is 1.47. The Morgan fingerprint density at radius 2 is 2.36 bits per heavy atom. The van der Waals surface area contributed by atoms with Crippen LogP contribution in [0.3, 0.4) is 0 Å². The van der Waals surface area contributed by atoms with Crippen LogP contribution in [0.5, 0.6) is 0 Å². The van der Waals surface area contributed by atoms with Crippen molar-refractivity contribution in [3.63, 3.8) is 0 Å². The summed E-state index contributed by atoms with van der Waals surface area (Å²) in [6.07, 6.45) is 4.46. The molecule has 0 aromatic carbocycles. The minimum absolute atomic E-state index is 0.921. The van der Waals surface area contributed by atoms with Crippen molar-refractivity contribution >= 4 is 0 Å². The van der Waals surface area contributed by atoms with Gasteiger partial charge in [0.2, 0.25) is 0 Å². The van der Waals surface area contributed by atoms with Crippen LogP contribution < -0.4 is 0 Å². The molecule has 0 aliphatic heterocycles. The van der Waals surface area contributed by atoms with Crippen LogP contribution >= 0.6 is 0 Å². The second-order valence-electron chi connectivity index (χ2n) is 3.50. The lowest BCUT2D eigenvalue weighted by Gasteiger charge is -1.95. The highest BCUT2D eigenvalue weighted by Crippen LogP contribution is 2.39. The first-order valence-electron chi connectivity index (χ1n) is 4.26. The molecule has 1 heteroatoms. The van der Waals surface area contributed by atoms with Crippen molar-refractivity contribution in [2.45, 2.75) is 19.8 Å². The molecule has 1 fully saturated rings. The molecular formula is C10H13N. The van der Waals surface area contributed by atoms with E-state index in [0.29, 0.717) is 0 Å². The second kappa shape index (κ2) is 2.65. The summed E-state index contributed by atoms with van der Waals surface area (Å²) in [5, 5.41) is 0. The van der Waals surface area contributed by atoms with E-state index in [2.05, 4.69) is 24.0 Å². The predicted molar refractivity (Wildman–Crippen MR) is 45.2 cm³/mol. The summed E-state index contributed by atoms with van der Waals surface area (Å²) in [4.78, 5) is 4.29. The van der Waals surface area contributed by atoms with Crippen molar-refractivity contribution in [3.05, 3.63) is 30.1 Å². The van der Waals surface area contributed by atoms with E-state index in [-0.39, 0.29) is 0 Å². The Bertz CT molecular complexity index is 230. The van der Waals surface area contributed by atoms with Gasteiger partial charge in [0, 0.05) is 11.9 Å². The molecule has 58 valence electrons. The monoisotopic (exact) mass is 147 g/mol. The molecule has 0 spiro atoms. The van der Waals surface area contributed by atoms with Crippen LogP contribution in [-0.4, -0.2) is 4.98 Å². The molecule has 2 rings (SSSR count). The molecule has 1 saturated carbocycles. The third-order valence-electron chi connectivity index (χ3n) is 2.47. The van der Waals surface area contributed by atoms with E-state index in [4.69, 9.17) is 0 Å². The first-order chi connectivity index (χ1) is 5.36. The van der Waals surface area contributed by atoms with Crippen molar-refractivity contribution in [3.8, 4) is 0 Å². The van der Waals surface area contributed by atoms with Crippen LogP contribution in [0.1, 0.15) is 19.0 Å². The second-order valence-corrected chi connectivity index (χ2v) is 3.50. The van der Waals surface area contributed by atoms with Gasteiger partial charge in [0.25, 0.3) is 0 Å². The Morgan fingerprint density at radius 1 is 1.55 bits per heavy atom. The summed E-state index contributed by atoms with van der Waals surface area (Å²) in [6, 6.07) is 6.15. The fourth-order valence-corrected chi connectivity index (χ4v) is 1.47. The molecule has 1 aromatic heterocycles. The molecule has 1 heterocycles. The smallest absolute Gasteiger partial charge is 0.0406 e. The van der Waals surface area contributed by atoms with Crippen molar-refractivity contribution < 1.29 is 0 Å². The highest BCUT2D eigenvalue weighted by molar-refractivity contribution is 5.06. The zero-order chi connectivity index (χ0) is 7.68. The Balaban J connectivity index is 1.97. The van der Waals surface area contributed by atoms with Gasteiger partial charge in [-0.2, -0.15) is 0 Å². The van der Waals surface area contributed by atoms with Gasteiger partial charge in [-0.15, -0.1) is 0 Å². The van der Waals surface area contributed by atoms with Gasteiger partial charge in [-0.3, -0.25) is 4.98 Å². The average molecular weight is 147 g/mol. The molecule has 2 atom stereocenters. The van der Waals surface area contributed by atoms with Gasteiger partial charge in [-0.05, 0) is 36.8 Å². The molecule has 0 amide bonds. The van der Waals surface area contributed by atoms with Crippen LogP contribution in [0.15, 0.2) is 24.4 Å². The first-order valence-corrected chi connectivity index (χ1v) is 4.26. The van der Waals surface area contributed by atoms with Crippen LogP contribution in [0, 0.1) is 11.8 Å². The van der Waals surface area contributed by atoms with Crippen molar-refractivity contribution in [2.24, 2.45) is 11.8 Å². The summed E-state index contributed by atoms with van der Waals surface area (Å²) >= 11 is 0. The van der Waals surface area contributed by atoms with Gasteiger partial charge in [0.15, 0.2) is 0 Å². The third-order valence-corrected chi connectivity index (χ3v) is 2.47. The zero-order valence-electron chi connectivity index (χ0n) is 6.83. The normalized spacial score (nSPS) is 28.5. The standard InChI is InChI=1S/C10H13N/c1-8-6-9(8)7-10-4-2-3-5-11-10/h2-5,8-9H,6-7H2,1H3/t8-,9+/m1/s1. The number of aromatic nitrogens is 1. The lowest BCUT2D eigenvalue weighted by molar-refractivity contribution is 0.731. The highest BCUT2D eigenvalue weighted by Gasteiger charge is 2.32. The van der Waals surface area contributed by atoms with E-state index in [9.17, 15) is 0 Å². The van der Waals surface area contributed by atoms with Gasteiger partial charge in [-0.25, -0.2) is 0 Å². The lowest BCUT2D eigenvalue weighted by atomic mass is 10.2. The summed E-state index contributed by atoms with van der Waals surface area (Å²) < 4.78 is 0. The van der Waals surface area contributed by atoms with Crippen LogP contribution in [0.4, 0.5) is 0 Å². The number of pyridine rings is 1. The number of rotatable bonds is 2. The maximum absolute atomic E-state index is 4.29. The fraction of sp³-hybridized carbons (Fsp3) is 0.500. The molecular weight excluding hydrogens is 134 g/mol. The molecule has 1 aliphatic carbocycles. The van der Waals surface area contributed by atoms with Crippen LogP contribution in [0.25, 0.3) is 0 Å². The Labute approximate surface area is 67.5 Å². The topological polar surface area (TPSA) is 12.9 Å². The quantitative estimate of drug-likeness (QED) is 0.625. The van der Waals surface area contributed by atoms with Gasteiger partial charge in [-0.1, -0.05) is 13.0 Å². The summed E-state index contributed by atoms with van der Waals surface area (Å²) in [5.74, 6) is 1.86. The van der Waals surface area contributed by atoms with Gasteiger partial charge < -0.3 is 0 Å². The SMILES string of the molecule is C[C@@H]1C[C@H]1Cc1ccccn1. The molecule has 0 radical (unpaired) electrons. The maximum atomic E-state index is 4.29. The van der Waals surface area contributed by atoms with Crippen molar-refractivity contribution in [1.29, 1.82) is 0 Å². The Hall–Kier alpha value is -0.850. The van der Waals surface area contributed by atoms with Crippen LogP contribution in [-0.2, 0) is 6.42 Å². The van der Waals surface area contributed by atoms with Gasteiger partial charge in [0.1, 0.15) is 0 Å². The predicted octanol–water partition coefficient (Wildman–Crippen LogP) is 2.28. The van der Waals surface area contributed by atoms with Crippen molar-refractivity contribution in [2.75, 3.05) is 0 Å². The molecule has 11 heavy (non-hydrogen) atoms. The molecule has 0 N–H and O–H groups in total. The minimum Gasteiger partial charge on any atom is -0.261 e. The molecule has 1 aliphatic rings. The lowest BCUT2D eigenvalue weighted by Crippen LogP contribution is -1.90. The molecule has 1 nitrogen and oxygen atoms in total.